The molecule has 0 unspecified atom stereocenters. The summed E-state index contributed by atoms with van der Waals surface area (Å²) in [4.78, 5) is 18.3. The van der Waals surface area contributed by atoms with Gasteiger partial charge < -0.3 is 5.32 Å². The predicted molar refractivity (Wildman–Crippen MR) is 87.5 cm³/mol. The molecule has 122 valence electrons. The highest BCUT2D eigenvalue weighted by atomic mass is 16.2. The molecule has 6 nitrogen and oxygen atoms in total. The number of hydrogen-bond acceptors (Lipinski definition) is 4. The van der Waals surface area contributed by atoms with Gasteiger partial charge in [-0.1, -0.05) is 36.8 Å². The molecule has 1 N–H and O–H groups in total. The van der Waals surface area contributed by atoms with Crippen LogP contribution in [0.4, 0.5) is 0 Å². The van der Waals surface area contributed by atoms with Crippen LogP contribution < -0.4 is 5.32 Å². The molecule has 1 aliphatic heterocycles. The predicted octanol–water partition coefficient (Wildman–Crippen LogP) is 1.45. The van der Waals surface area contributed by atoms with Crippen LogP contribution in [-0.4, -0.2) is 44.7 Å². The summed E-state index contributed by atoms with van der Waals surface area (Å²) in [5.41, 5.74) is 1.33. The molecule has 0 spiro atoms. The number of piperidine rings is 1. The van der Waals surface area contributed by atoms with E-state index in [1.54, 1.807) is 6.33 Å². The average Bonchev–Trinajstić information content (AvgIpc) is 3.08. The van der Waals surface area contributed by atoms with Crippen LogP contribution in [0, 0.1) is 0 Å². The Morgan fingerprint density at radius 1 is 1.26 bits per heavy atom. The van der Waals surface area contributed by atoms with E-state index in [-0.39, 0.29) is 12.5 Å². The number of aromatic nitrogens is 3. The number of amides is 1. The van der Waals surface area contributed by atoms with E-state index in [0.717, 1.165) is 19.5 Å². The van der Waals surface area contributed by atoms with E-state index in [2.05, 4.69) is 44.6 Å². The summed E-state index contributed by atoms with van der Waals surface area (Å²) in [6.07, 6.45) is 6.60. The smallest absolute Gasteiger partial charge is 0.241 e. The van der Waals surface area contributed by atoms with Crippen LogP contribution in [0.2, 0.25) is 0 Å². The van der Waals surface area contributed by atoms with Gasteiger partial charge in [-0.15, -0.1) is 0 Å². The first-order valence-corrected chi connectivity index (χ1v) is 8.18. The van der Waals surface area contributed by atoms with Crippen LogP contribution in [0.5, 0.6) is 0 Å². The largest absolute Gasteiger partial charge is 0.353 e. The van der Waals surface area contributed by atoms with Crippen molar-refractivity contribution < 1.29 is 4.79 Å². The van der Waals surface area contributed by atoms with Crippen LogP contribution in [0.25, 0.3) is 0 Å². The Bertz CT molecular complexity index is 599. The monoisotopic (exact) mass is 313 g/mol. The number of nitrogens with zero attached hydrogens (tertiary/aromatic N) is 4. The Morgan fingerprint density at radius 3 is 2.91 bits per heavy atom. The van der Waals surface area contributed by atoms with Crippen molar-refractivity contribution >= 4 is 5.91 Å². The van der Waals surface area contributed by atoms with Crippen LogP contribution in [-0.2, 0) is 17.9 Å². The second-order valence-electron chi connectivity index (χ2n) is 6.00. The van der Waals surface area contributed by atoms with Crippen molar-refractivity contribution in [3.05, 3.63) is 48.5 Å². The molecule has 1 amide bonds. The summed E-state index contributed by atoms with van der Waals surface area (Å²) in [6.45, 7) is 2.97. The number of nitrogens with one attached hydrogen (secondary N) is 1. The SMILES string of the molecule is O=C(Cn1cncn1)NC[C@H]1CCCCN1Cc1ccccc1. The van der Waals surface area contributed by atoms with Gasteiger partial charge in [0.05, 0.1) is 0 Å². The van der Waals surface area contributed by atoms with Gasteiger partial charge in [0.15, 0.2) is 0 Å². The highest BCUT2D eigenvalue weighted by Gasteiger charge is 2.22. The summed E-state index contributed by atoms with van der Waals surface area (Å²) < 4.78 is 1.54. The zero-order chi connectivity index (χ0) is 15.9. The van der Waals surface area contributed by atoms with E-state index in [1.807, 2.05) is 6.07 Å². The maximum absolute atomic E-state index is 12.0. The molecule has 23 heavy (non-hydrogen) atoms. The van der Waals surface area contributed by atoms with E-state index < -0.39 is 0 Å². The molecule has 1 atom stereocenters. The van der Waals surface area contributed by atoms with Gasteiger partial charge >= 0.3 is 0 Å². The zero-order valence-electron chi connectivity index (χ0n) is 13.3. The third-order valence-electron chi connectivity index (χ3n) is 4.28. The highest BCUT2D eigenvalue weighted by molar-refractivity contribution is 5.75. The third kappa shape index (κ3) is 4.63. The Hall–Kier alpha value is -2.21. The Kier molecular flexibility index (Phi) is 5.37. The number of carbonyl (C=O) groups excluding carboxylic acids is 1. The Balaban J connectivity index is 1.51. The van der Waals surface area contributed by atoms with Crippen molar-refractivity contribution in [2.24, 2.45) is 0 Å². The first kappa shape index (κ1) is 15.7. The first-order valence-electron chi connectivity index (χ1n) is 8.18. The van der Waals surface area contributed by atoms with Gasteiger partial charge in [0.2, 0.25) is 5.91 Å². The normalized spacial score (nSPS) is 18.7. The molecule has 3 rings (SSSR count). The summed E-state index contributed by atoms with van der Waals surface area (Å²) in [7, 11) is 0. The van der Waals surface area contributed by atoms with Gasteiger partial charge in [-0.05, 0) is 24.9 Å². The topological polar surface area (TPSA) is 63.1 Å². The third-order valence-corrected chi connectivity index (χ3v) is 4.28. The van der Waals surface area contributed by atoms with E-state index in [0.29, 0.717) is 12.6 Å². The van der Waals surface area contributed by atoms with Crippen LogP contribution in [0.3, 0.4) is 0 Å². The maximum atomic E-state index is 12.0. The van der Waals surface area contributed by atoms with Gasteiger partial charge in [0.1, 0.15) is 19.2 Å². The lowest BCUT2D eigenvalue weighted by molar-refractivity contribution is -0.122. The quantitative estimate of drug-likeness (QED) is 0.877. The number of carbonyl (C=O) groups is 1. The molecule has 0 aliphatic carbocycles. The summed E-state index contributed by atoms with van der Waals surface area (Å²) in [5.74, 6) is -0.0132. The minimum Gasteiger partial charge on any atom is -0.353 e. The molecule has 0 bridgehead atoms. The molecule has 6 heteroatoms. The van der Waals surface area contributed by atoms with Crippen molar-refractivity contribution in [1.82, 2.24) is 25.0 Å². The zero-order valence-corrected chi connectivity index (χ0v) is 13.3. The van der Waals surface area contributed by atoms with E-state index in [4.69, 9.17) is 0 Å². The van der Waals surface area contributed by atoms with Crippen molar-refractivity contribution in [2.45, 2.75) is 38.4 Å². The lowest BCUT2D eigenvalue weighted by Crippen LogP contribution is -2.46. The number of rotatable bonds is 6. The van der Waals surface area contributed by atoms with E-state index >= 15 is 0 Å². The van der Waals surface area contributed by atoms with Gasteiger partial charge in [0, 0.05) is 19.1 Å². The van der Waals surface area contributed by atoms with Crippen LogP contribution >= 0.6 is 0 Å². The molecule has 2 aromatic rings. The summed E-state index contributed by atoms with van der Waals surface area (Å²) in [6, 6.07) is 10.9. The van der Waals surface area contributed by atoms with Gasteiger partial charge in [-0.3, -0.25) is 9.69 Å². The molecule has 1 aromatic heterocycles. The molecule has 1 aliphatic rings. The lowest BCUT2D eigenvalue weighted by atomic mass is 10.0. The second kappa shape index (κ2) is 7.87. The van der Waals surface area contributed by atoms with E-state index in [1.165, 1.54) is 29.4 Å². The minimum atomic E-state index is -0.0132. The number of likely N-dealkylation sites (tertiary alicyclic amines) is 1. The maximum Gasteiger partial charge on any atom is 0.241 e. The number of benzene rings is 1. The van der Waals surface area contributed by atoms with Crippen molar-refractivity contribution in [2.75, 3.05) is 13.1 Å². The fraction of sp³-hybridized carbons (Fsp3) is 0.471. The molecule has 2 heterocycles. The summed E-state index contributed by atoms with van der Waals surface area (Å²) in [5, 5.41) is 6.99. The van der Waals surface area contributed by atoms with Crippen LogP contribution in [0.1, 0.15) is 24.8 Å². The molecule has 0 radical (unpaired) electrons. The molecule has 1 saturated heterocycles. The van der Waals surface area contributed by atoms with Crippen molar-refractivity contribution in [3.63, 3.8) is 0 Å². The molecule has 0 saturated carbocycles. The molecular weight excluding hydrogens is 290 g/mol. The van der Waals surface area contributed by atoms with Gasteiger partial charge in [-0.2, -0.15) is 5.10 Å². The standard InChI is InChI=1S/C17H23N5O/c23-17(12-22-14-18-13-20-22)19-10-16-8-4-5-9-21(16)11-15-6-2-1-3-7-15/h1-3,6-7,13-14,16H,4-5,8-12H2,(H,19,23)/t16-/m1/s1. The van der Waals surface area contributed by atoms with Gasteiger partial charge in [-0.25, -0.2) is 9.67 Å². The first-order chi connectivity index (χ1) is 11.3. The molecule has 1 aromatic carbocycles. The minimum absolute atomic E-state index is 0.0132. The second-order valence-corrected chi connectivity index (χ2v) is 6.00. The average molecular weight is 313 g/mol. The summed E-state index contributed by atoms with van der Waals surface area (Å²) >= 11 is 0. The van der Waals surface area contributed by atoms with E-state index in [9.17, 15) is 4.79 Å². The fourth-order valence-corrected chi connectivity index (χ4v) is 3.07. The van der Waals surface area contributed by atoms with Crippen molar-refractivity contribution in [1.29, 1.82) is 0 Å². The highest BCUT2D eigenvalue weighted by Crippen LogP contribution is 2.19. The van der Waals surface area contributed by atoms with Crippen molar-refractivity contribution in [3.8, 4) is 0 Å². The molecular formula is C17H23N5O. The Labute approximate surface area is 136 Å². The fourth-order valence-electron chi connectivity index (χ4n) is 3.07. The molecule has 1 fully saturated rings. The van der Waals surface area contributed by atoms with Gasteiger partial charge in [0.25, 0.3) is 0 Å². The lowest BCUT2D eigenvalue weighted by Gasteiger charge is -2.35. The number of hydrogen-bond donors (Lipinski definition) is 1. The van der Waals surface area contributed by atoms with Crippen LogP contribution in [0.15, 0.2) is 43.0 Å². The Morgan fingerprint density at radius 2 is 2.13 bits per heavy atom.